The predicted molar refractivity (Wildman–Crippen MR) is 118 cm³/mol. The third-order valence-electron chi connectivity index (χ3n) is 4.13. The van der Waals surface area contributed by atoms with Crippen LogP contribution >= 0.6 is 0 Å². The summed E-state index contributed by atoms with van der Waals surface area (Å²) in [6.45, 7) is 2.60. The Kier molecular flexibility index (Phi) is 6.97. The summed E-state index contributed by atoms with van der Waals surface area (Å²) >= 11 is 0. The molecule has 0 bridgehead atoms. The van der Waals surface area contributed by atoms with E-state index < -0.39 is 23.8 Å². The van der Waals surface area contributed by atoms with E-state index in [2.05, 4.69) is 10.6 Å². The van der Waals surface area contributed by atoms with Crippen LogP contribution in [0.2, 0.25) is 0 Å². The minimum atomic E-state index is -0.433. The van der Waals surface area contributed by atoms with Gasteiger partial charge in [-0.3, -0.25) is 19.2 Å². The van der Waals surface area contributed by atoms with Gasteiger partial charge in [-0.1, -0.05) is 6.07 Å². The van der Waals surface area contributed by atoms with Gasteiger partial charge in [0.15, 0.2) is 0 Å². The van der Waals surface area contributed by atoms with Gasteiger partial charge in [-0.05, 0) is 66.7 Å². The molecule has 0 aliphatic rings. The fourth-order valence-corrected chi connectivity index (χ4v) is 2.75. The maximum atomic E-state index is 12.6. The Bertz CT molecular complexity index is 1070. The van der Waals surface area contributed by atoms with Gasteiger partial charge < -0.3 is 20.1 Å². The van der Waals surface area contributed by atoms with Crippen molar-refractivity contribution in [2.24, 2.45) is 0 Å². The van der Waals surface area contributed by atoms with Crippen LogP contribution in [0, 0.1) is 0 Å². The van der Waals surface area contributed by atoms with E-state index in [4.69, 9.17) is 9.47 Å². The Hall–Kier alpha value is -4.46. The molecule has 8 heteroatoms. The average Bonchev–Trinajstić information content (AvgIpc) is 2.76. The van der Waals surface area contributed by atoms with Crippen LogP contribution < -0.4 is 20.1 Å². The second-order valence-corrected chi connectivity index (χ2v) is 6.73. The van der Waals surface area contributed by atoms with Crippen LogP contribution in [0.4, 0.5) is 11.4 Å². The van der Waals surface area contributed by atoms with Gasteiger partial charge in [0, 0.05) is 36.3 Å². The zero-order valence-electron chi connectivity index (χ0n) is 17.4. The Morgan fingerprint density at radius 2 is 0.969 bits per heavy atom. The van der Waals surface area contributed by atoms with Crippen LogP contribution in [0.15, 0.2) is 72.8 Å². The first-order chi connectivity index (χ1) is 15.3. The van der Waals surface area contributed by atoms with E-state index in [0.717, 1.165) is 0 Å². The van der Waals surface area contributed by atoms with Gasteiger partial charge in [0.2, 0.25) is 0 Å². The van der Waals surface area contributed by atoms with E-state index in [0.29, 0.717) is 34.0 Å². The Morgan fingerprint density at radius 1 is 0.594 bits per heavy atom. The first kappa shape index (κ1) is 22.2. The molecule has 0 saturated heterocycles. The third-order valence-corrected chi connectivity index (χ3v) is 4.13. The lowest BCUT2D eigenvalue weighted by atomic mass is 10.1. The van der Waals surface area contributed by atoms with E-state index in [1.807, 2.05) is 0 Å². The highest BCUT2D eigenvalue weighted by atomic mass is 16.5. The fraction of sp³-hybridized carbons (Fsp3) is 0.0833. The number of carbonyl (C=O) groups excluding carboxylic acids is 4. The molecule has 0 heterocycles. The van der Waals surface area contributed by atoms with Crippen molar-refractivity contribution in [3.05, 3.63) is 83.9 Å². The van der Waals surface area contributed by atoms with E-state index >= 15 is 0 Å². The molecule has 0 fully saturated rings. The van der Waals surface area contributed by atoms with Crippen molar-refractivity contribution >= 4 is 35.1 Å². The molecule has 0 aliphatic carbocycles. The van der Waals surface area contributed by atoms with Crippen molar-refractivity contribution in [3.63, 3.8) is 0 Å². The van der Waals surface area contributed by atoms with E-state index in [9.17, 15) is 19.2 Å². The third kappa shape index (κ3) is 6.27. The fourth-order valence-electron chi connectivity index (χ4n) is 2.75. The molecule has 8 nitrogen and oxygen atoms in total. The quantitative estimate of drug-likeness (QED) is 0.449. The lowest BCUT2D eigenvalue weighted by Gasteiger charge is -2.09. The highest BCUT2D eigenvalue weighted by molar-refractivity contribution is 6.08. The number of benzene rings is 3. The van der Waals surface area contributed by atoms with E-state index in [1.54, 1.807) is 66.7 Å². The Balaban J connectivity index is 1.64. The van der Waals surface area contributed by atoms with Crippen LogP contribution in [-0.4, -0.2) is 23.8 Å². The maximum absolute atomic E-state index is 12.6. The first-order valence-electron chi connectivity index (χ1n) is 9.60. The smallest absolute Gasteiger partial charge is 0.308 e. The van der Waals surface area contributed by atoms with Crippen molar-refractivity contribution < 1.29 is 28.7 Å². The molecule has 0 unspecified atom stereocenters. The summed E-state index contributed by atoms with van der Waals surface area (Å²) in [6.07, 6.45) is 0. The molecule has 162 valence electrons. The van der Waals surface area contributed by atoms with Crippen LogP contribution in [0.3, 0.4) is 0 Å². The summed E-state index contributed by atoms with van der Waals surface area (Å²) < 4.78 is 9.91. The second kappa shape index (κ2) is 10.0. The highest BCUT2D eigenvalue weighted by Gasteiger charge is 2.12. The number of ether oxygens (including phenoxy) is 2. The minimum absolute atomic E-state index is 0.298. The molecule has 3 aromatic carbocycles. The number of carbonyl (C=O) groups is 4. The number of nitrogens with one attached hydrogen (secondary N) is 2. The largest absolute Gasteiger partial charge is 0.427 e. The Labute approximate surface area is 184 Å². The van der Waals surface area contributed by atoms with Gasteiger partial charge >= 0.3 is 11.9 Å². The predicted octanol–water partition coefficient (Wildman–Crippen LogP) is 4.04. The van der Waals surface area contributed by atoms with Crippen molar-refractivity contribution in [1.29, 1.82) is 0 Å². The van der Waals surface area contributed by atoms with Crippen molar-refractivity contribution in [2.75, 3.05) is 10.6 Å². The molecular formula is C24H20N2O6. The zero-order valence-corrected chi connectivity index (χ0v) is 17.4. The van der Waals surface area contributed by atoms with Crippen LogP contribution in [0.25, 0.3) is 0 Å². The molecule has 2 amide bonds. The van der Waals surface area contributed by atoms with Gasteiger partial charge in [-0.2, -0.15) is 0 Å². The molecule has 0 atom stereocenters. The summed E-state index contributed by atoms with van der Waals surface area (Å²) in [5, 5.41) is 5.45. The topological polar surface area (TPSA) is 111 Å². The second-order valence-electron chi connectivity index (χ2n) is 6.73. The standard InChI is InChI=1S/C24H20N2O6/c1-15(27)31-21-10-6-19(7-11-21)25-23(29)17-4-3-5-18(14-17)24(30)26-20-8-12-22(13-9-20)32-16(2)28/h3-14H,1-2H3,(H,25,29)(H,26,30). The summed E-state index contributed by atoms with van der Waals surface area (Å²) in [6, 6.07) is 18.9. The van der Waals surface area contributed by atoms with Gasteiger partial charge in [0.1, 0.15) is 11.5 Å². The van der Waals surface area contributed by atoms with Gasteiger partial charge in [0.25, 0.3) is 11.8 Å². The molecule has 3 aromatic rings. The number of anilines is 2. The molecule has 2 N–H and O–H groups in total. The molecule has 0 aliphatic heterocycles. The number of rotatable bonds is 6. The number of hydrogen-bond acceptors (Lipinski definition) is 6. The van der Waals surface area contributed by atoms with Crippen LogP contribution in [-0.2, 0) is 9.59 Å². The zero-order chi connectivity index (χ0) is 23.1. The SMILES string of the molecule is CC(=O)Oc1ccc(NC(=O)c2cccc(C(=O)Nc3ccc(OC(C)=O)cc3)c2)cc1. The van der Waals surface area contributed by atoms with Gasteiger partial charge in [-0.15, -0.1) is 0 Å². The van der Waals surface area contributed by atoms with Crippen LogP contribution in [0.1, 0.15) is 34.6 Å². The normalized spacial score (nSPS) is 10.1. The molecule has 0 saturated carbocycles. The summed E-state index contributed by atoms with van der Waals surface area (Å²) in [5.41, 5.74) is 1.61. The number of hydrogen-bond donors (Lipinski definition) is 2. The molecular weight excluding hydrogens is 412 g/mol. The highest BCUT2D eigenvalue weighted by Crippen LogP contribution is 2.19. The monoisotopic (exact) mass is 432 g/mol. The molecule has 0 radical (unpaired) electrons. The van der Waals surface area contributed by atoms with E-state index in [1.165, 1.54) is 19.9 Å². The Morgan fingerprint density at radius 3 is 1.31 bits per heavy atom. The molecule has 3 rings (SSSR count). The average molecular weight is 432 g/mol. The molecule has 32 heavy (non-hydrogen) atoms. The van der Waals surface area contributed by atoms with Crippen molar-refractivity contribution in [3.8, 4) is 11.5 Å². The maximum Gasteiger partial charge on any atom is 0.308 e. The lowest BCUT2D eigenvalue weighted by molar-refractivity contribution is -0.132. The minimum Gasteiger partial charge on any atom is -0.427 e. The molecule has 0 spiro atoms. The van der Waals surface area contributed by atoms with E-state index in [-0.39, 0.29) is 0 Å². The number of esters is 2. The molecule has 0 aromatic heterocycles. The van der Waals surface area contributed by atoms with Gasteiger partial charge in [0.05, 0.1) is 0 Å². The van der Waals surface area contributed by atoms with Crippen molar-refractivity contribution in [1.82, 2.24) is 0 Å². The summed E-state index contributed by atoms with van der Waals surface area (Å²) in [7, 11) is 0. The lowest BCUT2D eigenvalue weighted by Crippen LogP contribution is -2.15. The summed E-state index contributed by atoms with van der Waals surface area (Å²) in [4.78, 5) is 47.1. The van der Waals surface area contributed by atoms with Crippen LogP contribution in [0.5, 0.6) is 11.5 Å². The first-order valence-corrected chi connectivity index (χ1v) is 9.60. The van der Waals surface area contributed by atoms with Crippen molar-refractivity contribution in [2.45, 2.75) is 13.8 Å². The summed E-state index contributed by atoms with van der Waals surface area (Å²) in [5.74, 6) is -0.921. The van der Waals surface area contributed by atoms with Gasteiger partial charge in [-0.25, -0.2) is 0 Å². The number of amides is 2.